The summed E-state index contributed by atoms with van der Waals surface area (Å²) in [5.41, 5.74) is 1.02. The van der Waals surface area contributed by atoms with Gasteiger partial charge in [-0.25, -0.2) is 0 Å². The number of carbonyl (C=O) groups is 2. The predicted octanol–water partition coefficient (Wildman–Crippen LogP) is 3.14. The van der Waals surface area contributed by atoms with Crippen molar-refractivity contribution in [2.75, 3.05) is 26.9 Å². The molecular formula is C24H27NO6. The summed E-state index contributed by atoms with van der Waals surface area (Å²) in [4.78, 5) is 25.4. The van der Waals surface area contributed by atoms with Gasteiger partial charge in [0.05, 0.1) is 12.5 Å². The molecule has 0 radical (unpaired) electrons. The number of methoxy groups -OCH3 is 1. The fourth-order valence-electron chi connectivity index (χ4n) is 4.23. The zero-order valence-corrected chi connectivity index (χ0v) is 17.6. The molecule has 31 heavy (non-hydrogen) atoms. The molecule has 7 nitrogen and oxygen atoms in total. The van der Waals surface area contributed by atoms with Crippen LogP contribution >= 0.6 is 0 Å². The van der Waals surface area contributed by atoms with E-state index < -0.39 is 5.41 Å². The Balaban J connectivity index is 1.38. The molecule has 1 heterocycles. The van der Waals surface area contributed by atoms with Gasteiger partial charge in [-0.15, -0.1) is 0 Å². The van der Waals surface area contributed by atoms with Crippen LogP contribution in [0.4, 0.5) is 0 Å². The summed E-state index contributed by atoms with van der Waals surface area (Å²) in [6.45, 7) is 1.03. The second kappa shape index (κ2) is 9.29. The third-order valence-corrected chi connectivity index (χ3v) is 5.90. The highest BCUT2D eigenvalue weighted by molar-refractivity contribution is 5.87. The van der Waals surface area contributed by atoms with Crippen LogP contribution in [0.1, 0.15) is 36.8 Å². The van der Waals surface area contributed by atoms with E-state index in [4.69, 9.17) is 18.9 Å². The molecule has 0 aromatic heterocycles. The summed E-state index contributed by atoms with van der Waals surface area (Å²) in [6, 6.07) is 13.1. The SMILES string of the molecule is COc1cccc(CNC(=O)COC(=O)C2(c3ccc4c(c3)OCCO4)CCCC2)c1. The van der Waals surface area contributed by atoms with Gasteiger partial charge >= 0.3 is 5.97 Å². The molecule has 1 N–H and O–H groups in total. The molecule has 2 aliphatic rings. The lowest BCUT2D eigenvalue weighted by Gasteiger charge is -2.28. The van der Waals surface area contributed by atoms with Crippen LogP contribution in [0.15, 0.2) is 42.5 Å². The number of benzene rings is 2. The highest BCUT2D eigenvalue weighted by atomic mass is 16.6. The molecule has 2 aromatic carbocycles. The van der Waals surface area contributed by atoms with Crippen LogP contribution in [-0.4, -0.2) is 38.8 Å². The Labute approximate surface area is 181 Å². The lowest BCUT2D eigenvalue weighted by molar-refractivity contribution is -0.154. The largest absolute Gasteiger partial charge is 0.497 e. The minimum atomic E-state index is -0.747. The fourth-order valence-corrected chi connectivity index (χ4v) is 4.23. The van der Waals surface area contributed by atoms with Gasteiger partial charge < -0.3 is 24.3 Å². The normalized spacial score (nSPS) is 16.4. The zero-order chi connectivity index (χ0) is 21.7. The zero-order valence-electron chi connectivity index (χ0n) is 17.6. The first-order valence-corrected chi connectivity index (χ1v) is 10.6. The van der Waals surface area contributed by atoms with Crippen molar-refractivity contribution in [2.24, 2.45) is 0 Å². The molecule has 2 aromatic rings. The minimum Gasteiger partial charge on any atom is -0.497 e. The first-order valence-electron chi connectivity index (χ1n) is 10.6. The van der Waals surface area contributed by atoms with E-state index in [1.54, 1.807) is 7.11 Å². The van der Waals surface area contributed by atoms with Gasteiger partial charge in [0.2, 0.25) is 0 Å². The number of carbonyl (C=O) groups excluding carboxylic acids is 2. The van der Waals surface area contributed by atoms with E-state index in [0.29, 0.717) is 44.1 Å². The van der Waals surface area contributed by atoms with Crippen LogP contribution in [0.5, 0.6) is 17.2 Å². The van der Waals surface area contributed by atoms with Crippen molar-refractivity contribution in [2.45, 2.75) is 37.6 Å². The Bertz CT molecular complexity index is 951. The Morgan fingerprint density at radius 1 is 1.03 bits per heavy atom. The van der Waals surface area contributed by atoms with E-state index >= 15 is 0 Å². The number of amides is 1. The smallest absolute Gasteiger partial charge is 0.317 e. The molecule has 4 rings (SSSR count). The van der Waals surface area contributed by atoms with E-state index in [2.05, 4.69) is 5.32 Å². The standard InChI is InChI=1S/C24H27NO6/c1-28-19-6-4-5-17(13-19)15-25-22(26)16-31-23(27)24(9-2-3-10-24)18-7-8-20-21(14-18)30-12-11-29-20/h4-8,13-14H,2-3,9-12,15-16H2,1H3,(H,25,26). The highest BCUT2D eigenvalue weighted by Crippen LogP contribution is 2.45. The van der Waals surface area contributed by atoms with E-state index in [9.17, 15) is 9.59 Å². The van der Waals surface area contributed by atoms with Crippen molar-refractivity contribution < 1.29 is 28.5 Å². The predicted molar refractivity (Wildman–Crippen MR) is 113 cm³/mol. The third kappa shape index (κ3) is 4.60. The van der Waals surface area contributed by atoms with Gasteiger partial charge in [-0.1, -0.05) is 31.0 Å². The van der Waals surface area contributed by atoms with E-state index in [0.717, 1.165) is 29.7 Å². The molecule has 0 saturated heterocycles. The second-order valence-electron chi connectivity index (χ2n) is 7.85. The van der Waals surface area contributed by atoms with Crippen LogP contribution in [0.3, 0.4) is 0 Å². The van der Waals surface area contributed by atoms with Gasteiger partial charge in [-0.05, 0) is 48.2 Å². The number of hydrogen-bond acceptors (Lipinski definition) is 6. The van der Waals surface area contributed by atoms with Crippen LogP contribution in [0, 0.1) is 0 Å². The molecule has 1 aliphatic heterocycles. The van der Waals surface area contributed by atoms with Crippen molar-refractivity contribution in [1.29, 1.82) is 0 Å². The first-order chi connectivity index (χ1) is 15.1. The van der Waals surface area contributed by atoms with Crippen LogP contribution in [0.2, 0.25) is 0 Å². The maximum absolute atomic E-state index is 13.1. The second-order valence-corrected chi connectivity index (χ2v) is 7.85. The molecule has 1 aliphatic carbocycles. The molecule has 164 valence electrons. The molecular weight excluding hydrogens is 398 g/mol. The van der Waals surface area contributed by atoms with Crippen molar-refractivity contribution in [3.05, 3.63) is 53.6 Å². The van der Waals surface area contributed by atoms with Gasteiger partial charge in [0.25, 0.3) is 5.91 Å². The maximum Gasteiger partial charge on any atom is 0.317 e. The summed E-state index contributed by atoms with van der Waals surface area (Å²) in [5, 5.41) is 2.78. The Morgan fingerprint density at radius 3 is 2.58 bits per heavy atom. The van der Waals surface area contributed by atoms with Gasteiger partial charge in [0.1, 0.15) is 19.0 Å². The lowest BCUT2D eigenvalue weighted by atomic mass is 9.78. The number of rotatable bonds is 7. The van der Waals surface area contributed by atoms with E-state index in [-0.39, 0.29) is 18.5 Å². The molecule has 0 spiro atoms. The summed E-state index contributed by atoms with van der Waals surface area (Å²) in [6.07, 6.45) is 3.25. The molecule has 1 amide bonds. The monoisotopic (exact) mass is 425 g/mol. The molecule has 0 unspecified atom stereocenters. The summed E-state index contributed by atoms with van der Waals surface area (Å²) in [5.74, 6) is 1.36. The highest BCUT2D eigenvalue weighted by Gasteiger charge is 2.45. The maximum atomic E-state index is 13.1. The Kier molecular flexibility index (Phi) is 6.30. The molecule has 1 saturated carbocycles. The van der Waals surface area contributed by atoms with E-state index in [1.807, 2.05) is 42.5 Å². The summed E-state index contributed by atoms with van der Waals surface area (Å²) < 4.78 is 21.9. The number of nitrogens with one attached hydrogen (secondary N) is 1. The van der Waals surface area contributed by atoms with E-state index in [1.165, 1.54) is 0 Å². The number of ether oxygens (including phenoxy) is 4. The first kappa shape index (κ1) is 21.0. The van der Waals surface area contributed by atoms with Gasteiger partial charge in [0.15, 0.2) is 18.1 Å². The van der Waals surface area contributed by atoms with Crippen LogP contribution in [-0.2, 0) is 26.3 Å². The minimum absolute atomic E-state index is 0.310. The van der Waals surface area contributed by atoms with Crippen molar-refractivity contribution in [3.8, 4) is 17.2 Å². The van der Waals surface area contributed by atoms with Crippen LogP contribution < -0.4 is 19.5 Å². The molecule has 1 fully saturated rings. The average Bonchev–Trinajstić information content (AvgIpc) is 3.32. The number of esters is 1. The molecule has 0 bridgehead atoms. The van der Waals surface area contributed by atoms with Crippen molar-refractivity contribution in [3.63, 3.8) is 0 Å². The van der Waals surface area contributed by atoms with Crippen LogP contribution in [0.25, 0.3) is 0 Å². The summed E-state index contributed by atoms with van der Waals surface area (Å²) in [7, 11) is 1.59. The Hall–Kier alpha value is -3.22. The van der Waals surface area contributed by atoms with Crippen molar-refractivity contribution >= 4 is 11.9 Å². The average molecular weight is 425 g/mol. The van der Waals surface area contributed by atoms with Gasteiger partial charge in [0, 0.05) is 6.54 Å². The molecule has 7 heteroatoms. The third-order valence-electron chi connectivity index (χ3n) is 5.90. The number of fused-ring (bicyclic) bond motifs is 1. The topological polar surface area (TPSA) is 83.1 Å². The Morgan fingerprint density at radius 2 is 1.81 bits per heavy atom. The fraction of sp³-hybridized carbons (Fsp3) is 0.417. The summed E-state index contributed by atoms with van der Waals surface area (Å²) >= 11 is 0. The number of hydrogen-bond donors (Lipinski definition) is 1. The quantitative estimate of drug-likeness (QED) is 0.687. The van der Waals surface area contributed by atoms with Gasteiger partial charge in [-0.2, -0.15) is 0 Å². The van der Waals surface area contributed by atoms with Gasteiger partial charge in [-0.3, -0.25) is 9.59 Å². The van der Waals surface area contributed by atoms with Crippen molar-refractivity contribution in [1.82, 2.24) is 5.32 Å². The molecule has 0 atom stereocenters. The lowest BCUT2D eigenvalue weighted by Crippen LogP contribution is -2.37.